The van der Waals surface area contributed by atoms with E-state index in [0.717, 1.165) is 69.4 Å². The molecule has 1 amide bonds. The zero-order valence-corrected chi connectivity index (χ0v) is 17.0. The smallest absolute Gasteiger partial charge is 0.227 e. The number of carbonyl (C=O) groups excluding carboxylic acids is 1. The van der Waals surface area contributed by atoms with Crippen molar-refractivity contribution < 1.29 is 4.79 Å². The van der Waals surface area contributed by atoms with Gasteiger partial charge < -0.3 is 9.80 Å². The summed E-state index contributed by atoms with van der Waals surface area (Å²) < 4.78 is 0. The van der Waals surface area contributed by atoms with Gasteiger partial charge in [0.1, 0.15) is 0 Å². The number of benzene rings is 2. The van der Waals surface area contributed by atoms with Crippen LogP contribution in [0.2, 0.25) is 5.02 Å². The number of piperidine rings is 1. The first kappa shape index (κ1) is 19.3. The van der Waals surface area contributed by atoms with E-state index in [1.165, 1.54) is 5.56 Å². The number of halogens is 1. The van der Waals surface area contributed by atoms with Gasteiger partial charge in [0, 0.05) is 50.0 Å². The molecule has 0 aliphatic carbocycles. The standard InChI is InChI=1S/C23H28ClN3O/c24-21-9-4-10-22(16-21)26-12-14-27(15-13-26)23(28)20-8-5-11-25(18-20)17-19-6-2-1-3-7-19/h1-4,6-7,9-10,16,20H,5,8,11-15,17-18H2. The summed E-state index contributed by atoms with van der Waals surface area (Å²) in [5.41, 5.74) is 2.47. The summed E-state index contributed by atoms with van der Waals surface area (Å²) in [6.07, 6.45) is 2.12. The highest BCUT2D eigenvalue weighted by molar-refractivity contribution is 6.30. The molecule has 0 spiro atoms. The lowest BCUT2D eigenvalue weighted by Gasteiger charge is -2.39. The first-order chi connectivity index (χ1) is 13.7. The van der Waals surface area contributed by atoms with Crippen molar-refractivity contribution in [2.75, 3.05) is 44.2 Å². The highest BCUT2D eigenvalue weighted by Crippen LogP contribution is 2.24. The van der Waals surface area contributed by atoms with Gasteiger partial charge in [-0.3, -0.25) is 9.69 Å². The lowest BCUT2D eigenvalue weighted by Crippen LogP contribution is -2.52. The average molecular weight is 398 g/mol. The summed E-state index contributed by atoms with van der Waals surface area (Å²) in [5.74, 6) is 0.471. The normalized spacial score (nSPS) is 21.0. The van der Waals surface area contributed by atoms with Crippen molar-refractivity contribution in [1.82, 2.24) is 9.80 Å². The Morgan fingerprint density at radius 3 is 2.50 bits per heavy atom. The molecule has 0 N–H and O–H groups in total. The second-order valence-electron chi connectivity index (χ2n) is 7.85. The second kappa shape index (κ2) is 8.97. The van der Waals surface area contributed by atoms with Crippen molar-refractivity contribution in [2.45, 2.75) is 19.4 Å². The first-order valence-corrected chi connectivity index (χ1v) is 10.6. The molecule has 2 fully saturated rings. The zero-order chi connectivity index (χ0) is 19.3. The molecule has 0 saturated carbocycles. The fourth-order valence-corrected chi connectivity index (χ4v) is 4.54. The summed E-state index contributed by atoms with van der Waals surface area (Å²) in [5, 5.41) is 0.761. The van der Waals surface area contributed by atoms with Gasteiger partial charge >= 0.3 is 0 Å². The molecule has 0 bridgehead atoms. The maximum atomic E-state index is 13.1. The Labute approximate surface area is 172 Å². The minimum absolute atomic E-state index is 0.134. The Morgan fingerprint density at radius 1 is 0.964 bits per heavy atom. The predicted octanol–water partition coefficient (Wildman–Crippen LogP) is 3.90. The van der Waals surface area contributed by atoms with Gasteiger partial charge in [-0.25, -0.2) is 0 Å². The maximum Gasteiger partial charge on any atom is 0.227 e. The van der Waals surface area contributed by atoms with Crippen LogP contribution in [0.1, 0.15) is 18.4 Å². The van der Waals surface area contributed by atoms with Crippen LogP contribution in [0.3, 0.4) is 0 Å². The summed E-state index contributed by atoms with van der Waals surface area (Å²) in [6, 6.07) is 18.5. The lowest BCUT2D eigenvalue weighted by atomic mass is 9.95. The van der Waals surface area contributed by atoms with Crippen LogP contribution in [0.5, 0.6) is 0 Å². The van der Waals surface area contributed by atoms with Crippen molar-refractivity contribution >= 4 is 23.2 Å². The molecule has 2 aliphatic heterocycles. The quantitative estimate of drug-likeness (QED) is 0.782. The largest absolute Gasteiger partial charge is 0.368 e. The Morgan fingerprint density at radius 2 is 1.75 bits per heavy atom. The minimum atomic E-state index is 0.134. The van der Waals surface area contributed by atoms with Crippen LogP contribution in [0, 0.1) is 5.92 Å². The van der Waals surface area contributed by atoms with Crippen LogP contribution in [0.4, 0.5) is 5.69 Å². The van der Waals surface area contributed by atoms with Crippen LogP contribution in [0.25, 0.3) is 0 Å². The van der Waals surface area contributed by atoms with E-state index in [0.29, 0.717) is 5.91 Å². The summed E-state index contributed by atoms with van der Waals surface area (Å²) >= 11 is 6.12. The van der Waals surface area contributed by atoms with E-state index < -0.39 is 0 Å². The fourth-order valence-electron chi connectivity index (χ4n) is 4.36. The molecule has 2 aromatic carbocycles. The van der Waals surface area contributed by atoms with Gasteiger partial charge in [0.15, 0.2) is 0 Å². The van der Waals surface area contributed by atoms with Gasteiger partial charge in [-0.15, -0.1) is 0 Å². The number of carbonyl (C=O) groups is 1. The number of rotatable bonds is 4. The van der Waals surface area contributed by atoms with Crippen LogP contribution in [-0.2, 0) is 11.3 Å². The Balaban J connectivity index is 1.31. The Bertz CT molecular complexity index is 789. The SMILES string of the molecule is O=C(C1CCCN(Cc2ccccc2)C1)N1CCN(c2cccc(Cl)c2)CC1. The van der Waals surface area contributed by atoms with Gasteiger partial charge in [-0.2, -0.15) is 0 Å². The van der Waals surface area contributed by atoms with Crippen LogP contribution < -0.4 is 4.90 Å². The third kappa shape index (κ3) is 4.68. The molecule has 148 valence electrons. The van der Waals surface area contributed by atoms with E-state index in [1.54, 1.807) is 0 Å². The summed E-state index contributed by atoms with van der Waals surface area (Å²) in [4.78, 5) is 19.9. The predicted molar refractivity (Wildman–Crippen MR) is 115 cm³/mol. The Kier molecular flexibility index (Phi) is 6.18. The lowest BCUT2D eigenvalue weighted by molar-refractivity contribution is -0.137. The third-order valence-corrected chi connectivity index (χ3v) is 6.10. The molecule has 4 nitrogen and oxygen atoms in total. The molecule has 2 heterocycles. The number of nitrogens with zero attached hydrogens (tertiary/aromatic N) is 3. The molecule has 1 atom stereocenters. The number of hydrogen-bond acceptors (Lipinski definition) is 3. The average Bonchev–Trinajstić information content (AvgIpc) is 2.74. The van der Waals surface area contributed by atoms with Gasteiger partial charge in [-0.05, 0) is 43.1 Å². The molecular weight excluding hydrogens is 370 g/mol. The van der Waals surface area contributed by atoms with Gasteiger partial charge in [-0.1, -0.05) is 48.0 Å². The number of amides is 1. The van der Waals surface area contributed by atoms with Crippen LogP contribution >= 0.6 is 11.6 Å². The van der Waals surface area contributed by atoms with E-state index in [9.17, 15) is 4.79 Å². The third-order valence-electron chi connectivity index (χ3n) is 5.87. The maximum absolute atomic E-state index is 13.1. The molecule has 0 aromatic heterocycles. The number of anilines is 1. The number of likely N-dealkylation sites (tertiary alicyclic amines) is 1. The monoisotopic (exact) mass is 397 g/mol. The highest BCUT2D eigenvalue weighted by atomic mass is 35.5. The molecular formula is C23H28ClN3O. The molecule has 1 unspecified atom stereocenters. The molecule has 2 aliphatic rings. The topological polar surface area (TPSA) is 26.8 Å². The molecule has 28 heavy (non-hydrogen) atoms. The van der Waals surface area contributed by atoms with E-state index in [2.05, 4.69) is 51.1 Å². The molecule has 2 saturated heterocycles. The number of hydrogen-bond donors (Lipinski definition) is 0. The summed E-state index contributed by atoms with van der Waals surface area (Å²) in [7, 11) is 0. The van der Waals surface area contributed by atoms with Crippen molar-refractivity contribution in [3.05, 3.63) is 65.2 Å². The van der Waals surface area contributed by atoms with E-state index in [4.69, 9.17) is 11.6 Å². The van der Waals surface area contributed by atoms with E-state index in [1.807, 2.05) is 18.2 Å². The molecule has 0 radical (unpaired) electrons. The van der Waals surface area contributed by atoms with E-state index in [-0.39, 0.29) is 5.92 Å². The van der Waals surface area contributed by atoms with Crippen molar-refractivity contribution in [2.24, 2.45) is 5.92 Å². The molecule has 5 heteroatoms. The van der Waals surface area contributed by atoms with Crippen LogP contribution in [0.15, 0.2) is 54.6 Å². The van der Waals surface area contributed by atoms with Gasteiger partial charge in [0.25, 0.3) is 0 Å². The zero-order valence-electron chi connectivity index (χ0n) is 16.3. The highest BCUT2D eigenvalue weighted by Gasteiger charge is 2.31. The minimum Gasteiger partial charge on any atom is -0.368 e. The summed E-state index contributed by atoms with van der Waals surface area (Å²) in [6.45, 7) is 6.22. The molecule has 4 rings (SSSR count). The van der Waals surface area contributed by atoms with Crippen molar-refractivity contribution in [1.29, 1.82) is 0 Å². The van der Waals surface area contributed by atoms with Crippen molar-refractivity contribution in [3.8, 4) is 0 Å². The van der Waals surface area contributed by atoms with Crippen LogP contribution in [-0.4, -0.2) is 55.0 Å². The fraction of sp³-hybridized carbons (Fsp3) is 0.435. The van der Waals surface area contributed by atoms with E-state index >= 15 is 0 Å². The first-order valence-electron chi connectivity index (χ1n) is 10.2. The number of piperazine rings is 1. The Hall–Kier alpha value is -2.04. The van der Waals surface area contributed by atoms with Gasteiger partial charge in [0.2, 0.25) is 5.91 Å². The van der Waals surface area contributed by atoms with Gasteiger partial charge in [0.05, 0.1) is 5.92 Å². The van der Waals surface area contributed by atoms with Crippen molar-refractivity contribution in [3.63, 3.8) is 0 Å². The molecule has 2 aromatic rings. The second-order valence-corrected chi connectivity index (χ2v) is 8.29.